The van der Waals surface area contributed by atoms with Crippen molar-refractivity contribution < 1.29 is 26.7 Å². The monoisotopic (exact) mass is 516 g/mol. The van der Waals surface area contributed by atoms with Crippen LogP contribution in [-0.2, 0) is 23.8 Å². The number of carbonyl (C=O) groups is 1. The molecule has 0 saturated heterocycles. The Hall–Kier alpha value is -4.09. The van der Waals surface area contributed by atoms with Gasteiger partial charge in [0.15, 0.2) is 5.65 Å². The van der Waals surface area contributed by atoms with E-state index < -0.39 is 35.7 Å². The van der Waals surface area contributed by atoms with Gasteiger partial charge in [0, 0.05) is 29.4 Å². The number of alkyl halides is 3. The number of fused-ring (bicyclic) bond motifs is 2. The molecule has 5 rings (SSSR count). The highest BCUT2D eigenvalue weighted by molar-refractivity contribution is 6.00. The van der Waals surface area contributed by atoms with Crippen LogP contribution in [0, 0.1) is 11.6 Å². The fourth-order valence-corrected chi connectivity index (χ4v) is 4.58. The predicted molar refractivity (Wildman–Crippen MR) is 127 cm³/mol. The molecule has 192 valence electrons. The second kappa shape index (κ2) is 8.79. The Kier molecular flexibility index (Phi) is 5.84. The molecule has 7 nitrogen and oxygen atoms in total. The molecular weight excluding hydrogens is 495 g/mol. The summed E-state index contributed by atoms with van der Waals surface area (Å²) in [6.45, 7) is 3.89. The SMILES string of the molecule is CC(C)n1nc(-c2ccc3c(c2F)CCN3C(=O)Cc2cc(C(F)(F)F)ccc2F)c2c(N)ncnc21. The van der Waals surface area contributed by atoms with Crippen LogP contribution in [0.15, 0.2) is 36.7 Å². The maximum absolute atomic E-state index is 15.8. The fourth-order valence-electron chi connectivity index (χ4n) is 4.58. The molecule has 0 spiro atoms. The van der Waals surface area contributed by atoms with E-state index >= 15 is 4.39 Å². The Morgan fingerprint density at radius 1 is 1.14 bits per heavy atom. The molecule has 0 aliphatic carbocycles. The van der Waals surface area contributed by atoms with Crippen LogP contribution in [0.1, 0.15) is 36.6 Å². The van der Waals surface area contributed by atoms with E-state index in [-0.39, 0.29) is 52.9 Å². The largest absolute Gasteiger partial charge is 0.416 e. The Morgan fingerprint density at radius 3 is 2.59 bits per heavy atom. The molecule has 37 heavy (non-hydrogen) atoms. The molecular formula is C25H21F5N6O. The average Bonchev–Trinajstić information content (AvgIpc) is 3.43. The highest BCUT2D eigenvalue weighted by atomic mass is 19.4. The van der Waals surface area contributed by atoms with Crippen LogP contribution in [-0.4, -0.2) is 32.2 Å². The highest BCUT2D eigenvalue weighted by Crippen LogP contribution is 2.39. The van der Waals surface area contributed by atoms with Crippen LogP contribution in [0.4, 0.5) is 33.5 Å². The van der Waals surface area contributed by atoms with Crippen LogP contribution < -0.4 is 10.6 Å². The third-order valence-corrected chi connectivity index (χ3v) is 6.37. The highest BCUT2D eigenvalue weighted by Gasteiger charge is 2.33. The Labute approximate surface area is 207 Å². The molecule has 2 aromatic heterocycles. The zero-order valence-electron chi connectivity index (χ0n) is 19.8. The average molecular weight is 516 g/mol. The summed E-state index contributed by atoms with van der Waals surface area (Å²) >= 11 is 0. The summed E-state index contributed by atoms with van der Waals surface area (Å²) in [7, 11) is 0. The van der Waals surface area contributed by atoms with Crippen LogP contribution in [0.5, 0.6) is 0 Å². The van der Waals surface area contributed by atoms with Crippen LogP contribution >= 0.6 is 0 Å². The van der Waals surface area contributed by atoms with Gasteiger partial charge in [-0.05, 0) is 56.2 Å². The molecule has 1 aliphatic rings. The zero-order chi connectivity index (χ0) is 26.6. The molecule has 0 atom stereocenters. The Morgan fingerprint density at radius 2 is 1.89 bits per heavy atom. The number of nitrogens with zero attached hydrogens (tertiary/aromatic N) is 5. The summed E-state index contributed by atoms with van der Waals surface area (Å²) < 4.78 is 70.7. The lowest BCUT2D eigenvalue weighted by atomic mass is 10.0. The molecule has 2 aromatic carbocycles. The molecule has 0 radical (unpaired) electrons. The first-order valence-electron chi connectivity index (χ1n) is 11.4. The van der Waals surface area contributed by atoms with Crippen molar-refractivity contribution in [2.24, 2.45) is 0 Å². The van der Waals surface area contributed by atoms with E-state index in [4.69, 9.17) is 5.73 Å². The van der Waals surface area contributed by atoms with Crippen molar-refractivity contribution in [1.82, 2.24) is 19.7 Å². The third kappa shape index (κ3) is 4.15. The number of carbonyl (C=O) groups excluding carboxylic acids is 1. The predicted octanol–water partition coefficient (Wildman–Crippen LogP) is 5.09. The zero-order valence-corrected chi connectivity index (χ0v) is 19.8. The van der Waals surface area contributed by atoms with E-state index in [2.05, 4.69) is 15.1 Å². The van der Waals surface area contributed by atoms with Crippen molar-refractivity contribution in [1.29, 1.82) is 0 Å². The van der Waals surface area contributed by atoms with Gasteiger partial charge in [-0.2, -0.15) is 18.3 Å². The summed E-state index contributed by atoms with van der Waals surface area (Å²) in [5.41, 5.74) is 6.04. The number of benzene rings is 2. The maximum atomic E-state index is 15.8. The number of halogens is 5. The smallest absolute Gasteiger partial charge is 0.383 e. The Bertz CT molecular complexity index is 1550. The molecule has 0 unspecified atom stereocenters. The van der Waals surface area contributed by atoms with Gasteiger partial charge >= 0.3 is 6.18 Å². The summed E-state index contributed by atoms with van der Waals surface area (Å²) in [5, 5.41) is 4.94. The van der Waals surface area contributed by atoms with Gasteiger partial charge in [-0.15, -0.1) is 0 Å². The van der Waals surface area contributed by atoms with E-state index in [0.717, 1.165) is 0 Å². The van der Waals surface area contributed by atoms with Gasteiger partial charge < -0.3 is 10.6 Å². The molecule has 0 saturated carbocycles. The number of hydrogen-bond acceptors (Lipinski definition) is 5. The van der Waals surface area contributed by atoms with Crippen molar-refractivity contribution in [2.75, 3.05) is 17.2 Å². The molecule has 3 heterocycles. The van der Waals surface area contributed by atoms with Crippen LogP contribution in [0.2, 0.25) is 0 Å². The first-order valence-corrected chi connectivity index (χ1v) is 11.4. The number of nitrogens with two attached hydrogens (primary N) is 1. The van der Waals surface area contributed by atoms with E-state index in [1.54, 1.807) is 10.7 Å². The number of aromatic nitrogens is 4. The van der Waals surface area contributed by atoms with Crippen molar-refractivity contribution in [2.45, 2.75) is 38.9 Å². The number of rotatable bonds is 4. The lowest BCUT2D eigenvalue weighted by Crippen LogP contribution is -2.30. The standard InChI is InChI=1S/C25H21F5N6O/c1-12(2)36-24-20(23(31)32-11-33-24)22(34-36)16-4-6-18-15(21(16)27)7-8-35(18)19(37)10-13-9-14(25(28,29)30)3-5-17(13)26/h3-6,9,11-12H,7-8,10H2,1-2H3,(H2,31,32,33). The Balaban J connectivity index is 1.50. The quantitative estimate of drug-likeness (QED) is 0.382. The number of nitrogen functional groups attached to an aromatic ring is 1. The molecule has 2 N–H and O–H groups in total. The minimum absolute atomic E-state index is 0.0904. The minimum atomic E-state index is -4.67. The summed E-state index contributed by atoms with van der Waals surface area (Å²) in [5.74, 6) is -2.02. The van der Waals surface area contributed by atoms with E-state index in [0.29, 0.717) is 29.2 Å². The summed E-state index contributed by atoms with van der Waals surface area (Å²) in [4.78, 5) is 22.5. The lowest BCUT2D eigenvalue weighted by Gasteiger charge is -2.18. The van der Waals surface area contributed by atoms with Gasteiger partial charge in [0.25, 0.3) is 0 Å². The number of anilines is 2. The maximum Gasteiger partial charge on any atom is 0.416 e. The van der Waals surface area contributed by atoms with Crippen molar-refractivity contribution in [3.05, 3.63) is 65.0 Å². The first-order chi connectivity index (χ1) is 17.5. The molecule has 1 aliphatic heterocycles. The lowest BCUT2D eigenvalue weighted by molar-refractivity contribution is -0.137. The molecule has 12 heteroatoms. The van der Waals surface area contributed by atoms with Gasteiger partial charge in [-0.25, -0.2) is 23.4 Å². The molecule has 0 bridgehead atoms. The molecule has 1 amide bonds. The second-order valence-electron chi connectivity index (χ2n) is 9.05. The number of amides is 1. The number of hydrogen-bond donors (Lipinski definition) is 1. The first kappa shape index (κ1) is 24.6. The normalized spacial score (nSPS) is 13.6. The molecule has 4 aromatic rings. The van der Waals surface area contributed by atoms with Crippen molar-refractivity contribution in [3.8, 4) is 11.3 Å². The molecule has 0 fully saturated rings. The van der Waals surface area contributed by atoms with Gasteiger partial charge in [-0.3, -0.25) is 4.79 Å². The topological polar surface area (TPSA) is 89.9 Å². The van der Waals surface area contributed by atoms with E-state index in [9.17, 15) is 22.4 Å². The fraction of sp³-hybridized carbons (Fsp3) is 0.280. The van der Waals surface area contributed by atoms with E-state index in [1.165, 1.54) is 17.3 Å². The third-order valence-electron chi connectivity index (χ3n) is 6.37. The summed E-state index contributed by atoms with van der Waals surface area (Å²) in [6, 6.07) is 4.84. The van der Waals surface area contributed by atoms with Crippen LogP contribution in [0.3, 0.4) is 0 Å². The van der Waals surface area contributed by atoms with Crippen molar-refractivity contribution >= 4 is 28.4 Å². The van der Waals surface area contributed by atoms with Gasteiger partial charge in [0.2, 0.25) is 5.91 Å². The van der Waals surface area contributed by atoms with Crippen molar-refractivity contribution in [3.63, 3.8) is 0 Å². The van der Waals surface area contributed by atoms with Crippen LogP contribution in [0.25, 0.3) is 22.3 Å². The van der Waals surface area contributed by atoms with Gasteiger partial charge in [0.05, 0.1) is 17.4 Å². The summed E-state index contributed by atoms with van der Waals surface area (Å²) in [6.07, 6.45) is -3.80. The second-order valence-corrected chi connectivity index (χ2v) is 9.05. The van der Waals surface area contributed by atoms with Gasteiger partial charge in [-0.1, -0.05) is 0 Å². The minimum Gasteiger partial charge on any atom is -0.383 e. The van der Waals surface area contributed by atoms with Gasteiger partial charge in [0.1, 0.15) is 29.5 Å². The van der Waals surface area contributed by atoms with E-state index in [1.807, 2.05) is 13.8 Å².